The molecule has 216 valence electrons. The van der Waals surface area contributed by atoms with Crippen molar-refractivity contribution in [2.24, 2.45) is 11.8 Å². The van der Waals surface area contributed by atoms with Gasteiger partial charge in [-0.3, -0.25) is 24.2 Å². The van der Waals surface area contributed by atoms with Gasteiger partial charge in [-0.2, -0.15) is 5.10 Å². The number of carbonyl (C=O) groups excluding carboxylic acids is 2. The number of aromatic nitrogens is 5. The maximum atomic E-state index is 14.7. The van der Waals surface area contributed by atoms with Crippen LogP contribution in [0.4, 0.5) is 24.5 Å². The summed E-state index contributed by atoms with van der Waals surface area (Å²) in [7, 11) is 0. The van der Waals surface area contributed by atoms with E-state index >= 15 is 0 Å². The highest BCUT2D eigenvalue weighted by Crippen LogP contribution is 2.48. The van der Waals surface area contributed by atoms with Crippen LogP contribution in [-0.2, 0) is 4.79 Å². The molecule has 42 heavy (non-hydrogen) atoms. The molecule has 9 nitrogen and oxygen atoms in total. The predicted molar refractivity (Wildman–Crippen MR) is 149 cm³/mol. The Bertz CT molecular complexity index is 1740. The lowest BCUT2D eigenvalue weighted by atomic mass is 10.0. The summed E-state index contributed by atoms with van der Waals surface area (Å²) >= 11 is 5.81. The third-order valence-electron chi connectivity index (χ3n) is 8.01. The molecule has 6 rings (SSSR count). The van der Waals surface area contributed by atoms with E-state index in [0.717, 1.165) is 60.0 Å². The number of hydrogen-bond acceptors (Lipinski definition) is 6. The average molecular weight is 596 g/mol. The molecule has 0 spiro atoms. The Morgan fingerprint density at radius 3 is 2.64 bits per heavy atom. The molecule has 3 aromatic heterocycles. The minimum absolute atomic E-state index is 0.155. The topological polar surface area (TPSA) is 106 Å². The van der Waals surface area contributed by atoms with E-state index in [9.17, 15) is 22.8 Å². The maximum Gasteiger partial charge on any atom is 0.275 e. The van der Waals surface area contributed by atoms with E-state index in [1.807, 2.05) is 25.7 Å². The fraction of sp³-hybridized carbons (Fsp3) is 0.310. The summed E-state index contributed by atoms with van der Waals surface area (Å²) in [5.74, 6) is -0.995. The van der Waals surface area contributed by atoms with Gasteiger partial charge in [-0.25, -0.2) is 18.2 Å². The molecule has 1 aliphatic heterocycles. The van der Waals surface area contributed by atoms with Gasteiger partial charge in [-0.05, 0) is 50.3 Å². The number of fused-ring (bicyclic) bond motifs is 1. The number of piperidine rings is 1. The van der Waals surface area contributed by atoms with Crippen molar-refractivity contribution in [3.8, 4) is 11.3 Å². The third-order valence-corrected chi connectivity index (χ3v) is 8.30. The van der Waals surface area contributed by atoms with Gasteiger partial charge >= 0.3 is 0 Å². The number of rotatable bonds is 7. The van der Waals surface area contributed by atoms with E-state index in [-0.39, 0.29) is 34.3 Å². The molecule has 0 radical (unpaired) electrons. The molecule has 1 aromatic carbocycles. The van der Waals surface area contributed by atoms with E-state index in [2.05, 4.69) is 25.4 Å². The number of anilines is 2. The Kier molecular flexibility index (Phi) is 6.96. The highest BCUT2D eigenvalue weighted by atomic mass is 35.5. The first-order valence-electron chi connectivity index (χ1n) is 13.3. The van der Waals surface area contributed by atoms with Gasteiger partial charge in [0.05, 0.1) is 58.6 Å². The van der Waals surface area contributed by atoms with Crippen molar-refractivity contribution < 1.29 is 22.8 Å². The van der Waals surface area contributed by atoms with E-state index in [1.54, 1.807) is 17.1 Å². The number of carbonyl (C=O) groups is 2. The number of pyridine rings is 1. The highest BCUT2D eigenvalue weighted by Gasteiger charge is 2.52. The predicted octanol–water partition coefficient (Wildman–Crippen LogP) is 5.93. The van der Waals surface area contributed by atoms with Crippen LogP contribution in [0.5, 0.6) is 0 Å². The monoisotopic (exact) mass is 595 g/mol. The van der Waals surface area contributed by atoms with Gasteiger partial charge < -0.3 is 10.2 Å². The maximum absolute atomic E-state index is 14.7. The molecule has 13 heteroatoms. The average Bonchev–Trinajstić information content (AvgIpc) is 3.47. The van der Waals surface area contributed by atoms with E-state index < -0.39 is 29.3 Å². The highest BCUT2D eigenvalue weighted by molar-refractivity contribution is 6.31. The second kappa shape index (κ2) is 10.5. The molecule has 3 atom stereocenters. The Balaban J connectivity index is 1.20. The lowest BCUT2D eigenvalue weighted by Crippen LogP contribution is -2.29. The number of benzene rings is 1. The van der Waals surface area contributed by atoms with Crippen molar-refractivity contribution in [1.82, 2.24) is 24.7 Å². The van der Waals surface area contributed by atoms with Crippen LogP contribution in [0.15, 0.2) is 43.1 Å². The molecule has 0 unspecified atom stereocenters. The second-order valence-corrected chi connectivity index (χ2v) is 11.0. The number of nitrogens with one attached hydrogen (secondary N) is 1. The molecule has 4 heterocycles. The molecule has 2 amide bonds. The summed E-state index contributed by atoms with van der Waals surface area (Å²) in [5, 5.41) is 6.67. The van der Waals surface area contributed by atoms with Gasteiger partial charge in [-0.15, -0.1) is 0 Å². The fourth-order valence-corrected chi connectivity index (χ4v) is 5.59. The first kappa shape index (κ1) is 27.8. The van der Waals surface area contributed by atoms with Crippen LogP contribution in [0.1, 0.15) is 58.7 Å². The number of halogens is 4. The molecule has 2 fully saturated rings. The molecule has 4 aromatic rings. The Morgan fingerprint density at radius 2 is 1.93 bits per heavy atom. The number of nitrogens with zero attached hydrogens (tertiary/aromatic N) is 6. The molecule has 1 N–H and O–H groups in total. The largest absolute Gasteiger partial charge is 0.318 e. The first-order valence-corrected chi connectivity index (χ1v) is 13.6. The summed E-state index contributed by atoms with van der Waals surface area (Å²) in [6.45, 7) is 6.58. The van der Waals surface area contributed by atoms with E-state index in [0.29, 0.717) is 11.6 Å². The summed E-state index contributed by atoms with van der Waals surface area (Å²) in [6, 6.07) is 1.75. The van der Waals surface area contributed by atoms with Gasteiger partial charge in [0.2, 0.25) is 5.91 Å². The van der Waals surface area contributed by atoms with Crippen molar-refractivity contribution >= 4 is 34.8 Å². The molecular weight excluding hydrogens is 571 g/mol. The lowest BCUT2D eigenvalue weighted by Gasteiger charge is -2.23. The molecule has 1 saturated carbocycles. The zero-order valence-corrected chi connectivity index (χ0v) is 23.5. The van der Waals surface area contributed by atoms with Crippen LogP contribution in [0.3, 0.4) is 0 Å². The van der Waals surface area contributed by atoms with Crippen LogP contribution in [0.2, 0.25) is 5.02 Å². The third kappa shape index (κ3) is 4.79. The van der Waals surface area contributed by atoms with Crippen molar-refractivity contribution in [2.75, 3.05) is 16.8 Å². The number of hydrogen-bond donors (Lipinski definition) is 1. The fourth-order valence-electron chi connectivity index (χ4n) is 5.43. The number of alkyl halides is 2. The van der Waals surface area contributed by atoms with E-state index in [4.69, 9.17) is 11.6 Å². The molecule has 1 saturated heterocycles. The molecule has 1 aliphatic carbocycles. The molecule has 2 aliphatic rings. The zero-order chi connectivity index (χ0) is 29.9. The standard InChI is InChI=1S/C29H25ClF3N7O2/c1-13-14(2)26(35-10-23(13)39-11-16-6-19(16)29(39)42)15(3)40-12-17(7-36-40)37-28(41)22-9-34-8-21(38-22)24-18(27(32)33)4-5-20(30)25(24)31/h4-5,7-10,12,15-16,19,27H,6,11H2,1-3H3,(H,37,41)/t15-,16-,19-/m1/s1. The second-order valence-electron chi connectivity index (χ2n) is 10.6. The van der Waals surface area contributed by atoms with Gasteiger partial charge in [0, 0.05) is 29.8 Å². The molecule has 0 bridgehead atoms. The van der Waals surface area contributed by atoms with Crippen molar-refractivity contribution in [2.45, 2.75) is 39.7 Å². The van der Waals surface area contributed by atoms with Gasteiger partial charge in [0.15, 0.2) is 5.82 Å². The minimum Gasteiger partial charge on any atom is -0.318 e. The Labute approximate surface area is 243 Å². The normalized spacial score (nSPS) is 18.4. The molecular formula is C29H25ClF3N7O2. The minimum atomic E-state index is -3.00. The van der Waals surface area contributed by atoms with Crippen LogP contribution in [-0.4, -0.2) is 43.1 Å². The lowest BCUT2D eigenvalue weighted by molar-refractivity contribution is -0.118. The summed E-state index contributed by atoms with van der Waals surface area (Å²) < 4.78 is 43.5. The summed E-state index contributed by atoms with van der Waals surface area (Å²) in [4.78, 5) is 40.0. The van der Waals surface area contributed by atoms with Crippen molar-refractivity contribution in [3.05, 3.63) is 82.0 Å². The number of amides is 2. The zero-order valence-electron chi connectivity index (χ0n) is 22.8. The van der Waals surface area contributed by atoms with Gasteiger partial charge in [-0.1, -0.05) is 17.7 Å². The quantitative estimate of drug-likeness (QED) is 0.284. The smallest absolute Gasteiger partial charge is 0.275 e. The van der Waals surface area contributed by atoms with Gasteiger partial charge in [0.1, 0.15) is 5.69 Å². The Hall–Kier alpha value is -4.32. The van der Waals surface area contributed by atoms with Crippen LogP contribution < -0.4 is 10.2 Å². The first-order chi connectivity index (χ1) is 20.0. The van der Waals surface area contributed by atoms with Crippen molar-refractivity contribution in [3.63, 3.8) is 0 Å². The summed E-state index contributed by atoms with van der Waals surface area (Å²) in [5.41, 5.74) is 2.26. The van der Waals surface area contributed by atoms with Gasteiger partial charge in [0.25, 0.3) is 12.3 Å². The van der Waals surface area contributed by atoms with Crippen LogP contribution in [0, 0.1) is 31.5 Å². The van der Waals surface area contributed by atoms with Crippen LogP contribution in [0.25, 0.3) is 11.3 Å². The van der Waals surface area contributed by atoms with Crippen molar-refractivity contribution in [1.29, 1.82) is 0 Å². The Morgan fingerprint density at radius 1 is 1.14 bits per heavy atom. The SMILES string of the molecule is Cc1c(N2C[C@H]3C[C@H]3C2=O)cnc([C@@H](C)n2cc(NC(=O)c3cncc(-c4c(C(F)F)ccc(Cl)c4F)n3)cn2)c1C. The van der Waals surface area contributed by atoms with Crippen LogP contribution >= 0.6 is 11.6 Å². The summed E-state index contributed by atoms with van der Waals surface area (Å²) in [6.07, 6.45) is 5.01. The van der Waals surface area contributed by atoms with E-state index in [1.165, 1.54) is 6.20 Å².